The summed E-state index contributed by atoms with van der Waals surface area (Å²) in [5.74, 6) is -1.93. The summed E-state index contributed by atoms with van der Waals surface area (Å²) in [6.07, 6.45) is 0. The molecule has 0 aliphatic heterocycles. The van der Waals surface area contributed by atoms with Gasteiger partial charge in [-0.05, 0) is 19.1 Å². The molecule has 0 spiro atoms. The van der Waals surface area contributed by atoms with Crippen LogP contribution in [0.2, 0.25) is 0 Å². The SMILES string of the molecule is CCN(CCN)C(=O)c1cc(F)cc(F)c1. The number of likely N-dealkylation sites (N-methyl/N-ethyl adjacent to an activating group) is 1. The highest BCUT2D eigenvalue weighted by molar-refractivity contribution is 5.94. The standard InChI is InChI=1S/C11H14F2N2O/c1-2-15(4-3-14)11(16)8-5-9(12)7-10(13)6-8/h5-7H,2-4,14H2,1H3. The van der Waals surface area contributed by atoms with Crippen LogP contribution in [0.5, 0.6) is 0 Å². The third-order valence-electron chi connectivity index (χ3n) is 2.18. The van der Waals surface area contributed by atoms with Gasteiger partial charge in [0, 0.05) is 31.3 Å². The summed E-state index contributed by atoms with van der Waals surface area (Å²) in [4.78, 5) is 13.2. The number of nitrogens with two attached hydrogens (primary N) is 1. The Balaban J connectivity index is 2.94. The molecule has 1 rings (SSSR count). The predicted octanol–water partition coefficient (Wildman–Crippen LogP) is 1.39. The van der Waals surface area contributed by atoms with E-state index in [0.29, 0.717) is 19.6 Å². The van der Waals surface area contributed by atoms with Crippen LogP contribution in [0.3, 0.4) is 0 Å². The van der Waals surface area contributed by atoms with Gasteiger partial charge in [0.2, 0.25) is 0 Å². The number of hydrogen-bond donors (Lipinski definition) is 1. The number of carbonyl (C=O) groups is 1. The summed E-state index contributed by atoms with van der Waals surface area (Å²) in [7, 11) is 0. The average Bonchev–Trinajstić information content (AvgIpc) is 2.23. The smallest absolute Gasteiger partial charge is 0.254 e. The zero-order valence-corrected chi connectivity index (χ0v) is 9.04. The highest BCUT2D eigenvalue weighted by Gasteiger charge is 2.15. The first-order chi connectivity index (χ1) is 7.58. The van der Waals surface area contributed by atoms with Gasteiger partial charge in [0.1, 0.15) is 11.6 Å². The van der Waals surface area contributed by atoms with Crippen molar-refractivity contribution in [2.75, 3.05) is 19.6 Å². The van der Waals surface area contributed by atoms with Crippen LogP contribution in [-0.4, -0.2) is 30.4 Å². The Morgan fingerprint density at radius 1 is 1.31 bits per heavy atom. The third kappa shape index (κ3) is 3.00. The Kier molecular flexibility index (Phi) is 4.37. The van der Waals surface area contributed by atoms with Gasteiger partial charge in [0.15, 0.2) is 0 Å². The Bertz CT molecular complexity index is 362. The van der Waals surface area contributed by atoms with Crippen molar-refractivity contribution in [1.29, 1.82) is 0 Å². The van der Waals surface area contributed by atoms with Crippen LogP contribution in [0.15, 0.2) is 18.2 Å². The lowest BCUT2D eigenvalue weighted by atomic mass is 10.2. The van der Waals surface area contributed by atoms with Crippen molar-refractivity contribution >= 4 is 5.91 Å². The van der Waals surface area contributed by atoms with Crippen LogP contribution in [-0.2, 0) is 0 Å². The first-order valence-electron chi connectivity index (χ1n) is 5.04. The zero-order chi connectivity index (χ0) is 12.1. The summed E-state index contributed by atoms with van der Waals surface area (Å²) in [5, 5.41) is 0. The molecule has 0 heterocycles. The molecular formula is C11H14F2N2O. The highest BCUT2D eigenvalue weighted by Crippen LogP contribution is 2.10. The van der Waals surface area contributed by atoms with Gasteiger partial charge in [-0.3, -0.25) is 4.79 Å². The molecule has 0 radical (unpaired) electrons. The Morgan fingerprint density at radius 2 is 1.88 bits per heavy atom. The topological polar surface area (TPSA) is 46.3 Å². The van der Waals surface area contributed by atoms with E-state index in [1.54, 1.807) is 6.92 Å². The second-order valence-corrected chi connectivity index (χ2v) is 3.33. The number of carbonyl (C=O) groups excluding carboxylic acids is 1. The van der Waals surface area contributed by atoms with Gasteiger partial charge >= 0.3 is 0 Å². The van der Waals surface area contributed by atoms with Gasteiger partial charge in [-0.25, -0.2) is 8.78 Å². The van der Waals surface area contributed by atoms with Crippen molar-refractivity contribution in [3.8, 4) is 0 Å². The van der Waals surface area contributed by atoms with Crippen LogP contribution in [0.25, 0.3) is 0 Å². The van der Waals surface area contributed by atoms with Crippen LogP contribution in [0.4, 0.5) is 8.78 Å². The largest absolute Gasteiger partial charge is 0.338 e. The molecule has 1 aromatic rings. The van der Waals surface area contributed by atoms with E-state index >= 15 is 0 Å². The molecule has 0 saturated carbocycles. The minimum Gasteiger partial charge on any atom is -0.338 e. The summed E-state index contributed by atoms with van der Waals surface area (Å²) in [6, 6.07) is 2.77. The highest BCUT2D eigenvalue weighted by atomic mass is 19.1. The molecule has 0 aliphatic rings. The van der Waals surface area contributed by atoms with E-state index in [-0.39, 0.29) is 5.56 Å². The third-order valence-corrected chi connectivity index (χ3v) is 2.18. The second-order valence-electron chi connectivity index (χ2n) is 3.33. The van der Waals surface area contributed by atoms with E-state index in [1.165, 1.54) is 4.90 Å². The van der Waals surface area contributed by atoms with E-state index in [9.17, 15) is 13.6 Å². The van der Waals surface area contributed by atoms with Crippen LogP contribution < -0.4 is 5.73 Å². The molecule has 0 aromatic heterocycles. The molecule has 0 unspecified atom stereocenters. The van der Waals surface area contributed by atoms with Crippen LogP contribution in [0.1, 0.15) is 17.3 Å². The number of benzene rings is 1. The summed E-state index contributed by atoms with van der Waals surface area (Å²) in [6.45, 7) is 2.92. The lowest BCUT2D eigenvalue weighted by molar-refractivity contribution is 0.0768. The minimum absolute atomic E-state index is 0.00722. The molecule has 0 saturated heterocycles. The van der Waals surface area contributed by atoms with Crippen molar-refractivity contribution in [1.82, 2.24) is 4.90 Å². The number of amides is 1. The molecule has 0 aliphatic carbocycles. The molecule has 2 N–H and O–H groups in total. The first kappa shape index (κ1) is 12.6. The van der Waals surface area contributed by atoms with Crippen LogP contribution in [0, 0.1) is 11.6 Å². The normalized spacial score (nSPS) is 10.2. The molecule has 16 heavy (non-hydrogen) atoms. The number of hydrogen-bond acceptors (Lipinski definition) is 2. The van der Waals surface area contributed by atoms with Crippen molar-refractivity contribution in [3.05, 3.63) is 35.4 Å². The van der Waals surface area contributed by atoms with Crippen molar-refractivity contribution < 1.29 is 13.6 Å². The van der Waals surface area contributed by atoms with Crippen molar-refractivity contribution in [2.24, 2.45) is 5.73 Å². The number of nitrogens with zero attached hydrogens (tertiary/aromatic N) is 1. The summed E-state index contributed by atoms with van der Waals surface area (Å²) < 4.78 is 25.8. The molecule has 0 fully saturated rings. The van der Waals surface area contributed by atoms with Gasteiger partial charge in [0.05, 0.1) is 0 Å². The molecule has 1 amide bonds. The molecule has 1 aromatic carbocycles. The maximum Gasteiger partial charge on any atom is 0.254 e. The van der Waals surface area contributed by atoms with E-state index in [2.05, 4.69) is 0 Å². The minimum atomic E-state index is -0.757. The first-order valence-corrected chi connectivity index (χ1v) is 5.04. The number of halogens is 2. The van der Waals surface area contributed by atoms with E-state index in [0.717, 1.165) is 18.2 Å². The lowest BCUT2D eigenvalue weighted by Gasteiger charge is -2.19. The lowest BCUT2D eigenvalue weighted by Crippen LogP contribution is -2.35. The molecule has 88 valence electrons. The maximum atomic E-state index is 12.9. The molecule has 0 atom stereocenters. The Morgan fingerprint density at radius 3 is 2.31 bits per heavy atom. The van der Waals surface area contributed by atoms with Crippen molar-refractivity contribution in [2.45, 2.75) is 6.92 Å². The molecular weight excluding hydrogens is 214 g/mol. The fourth-order valence-corrected chi connectivity index (χ4v) is 1.42. The maximum absolute atomic E-state index is 12.9. The fourth-order valence-electron chi connectivity index (χ4n) is 1.42. The van der Waals surface area contributed by atoms with E-state index in [1.807, 2.05) is 0 Å². The zero-order valence-electron chi connectivity index (χ0n) is 9.04. The molecule has 5 heteroatoms. The van der Waals surface area contributed by atoms with Gasteiger partial charge in [0.25, 0.3) is 5.91 Å². The quantitative estimate of drug-likeness (QED) is 0.846. The van der Waals surface area contributed by atoms with E-state index in [4.69, 9.17) is 5.73 Å². The van der Waals surface area contributed by atoms with Gasteiger partial charge in [-0.1, -0.05) is 0 Å². The molecule has 0 bridgehead atoms. The van der Waals surface area contributed by atoms with Gasteiger partial charge in [-0.15, -0.1) is 0 Å². The van der Waals surface area contributed by atoms with Gasteiger partial charge in [-0.2, -0.15) is 0 Å². The second kappa shape index (κ2) is 5.55. The Labute approximate surface area is 92.8 Å². The fraction of sp³-hybridized carbons (Fsp3) is 0.364. The van der Waals surface area contributed by atoms with Gasteiger partial charge < -0.3 is 10.6 Å². The Hall–Kier alpha value is -1.49. The predicted molar refractivity (Wildman–Crippen MR) is 57.0 cm³/mol. The average molecular weight is 228 g/mol. The summed E-state index contributed by atoms with van der Waals surface area (Å²) in [5.41, 5.74) is 5.35. The van der Waals surface area contributed by atoms with Crippen LogP contribution >= 0.6 is 0 Å². The van der Waals surface area contributed by atoms with Crippen molar-refractivity contribution in [3.63, 3.8) is 0 Å². The van der Waals surface area contributed by atoms with E-state index < -0.39 is 17.5 Å². The summed E-state index contributed by atoms with van der Waals surface area (Å²) >= 11 is 0. The monoisotopic (exact) mass is 228 g/mol. The molecule has 3 nitrogen and oxygen atoms in total. The number of rotatable bonds is 4.